The zero-order chi connectivity index (χ0) is 21.2. The van der Waals surface area contributed by atoms with Crippen LogP contribution in [0.2, 0.25) is 10.0 Å². The molecule has 0 spiro atoms. The molecule has 5 nitrogen and oxygen atoms in total. The predicted octanol–water partition coefficient (Wildman–Crippen LogP) is 5.31. The van der Waals surface area contributed by atoms with Crippen molar-refractivity contribution in [1.82, 2.24) is 10.3 Å². The Labute approximate surface area is 182 Å². The van der Waals surface area contributed by atoms with E-state index in [1.807, 2.05) is 30.3 Å². The molecule has 0 saturated heterocycles. The van der Waals surface area contributed by atoms with E-state index in [1.54, 1.807) is 17.5 Å². The van der Waals surface area contributed by atoms with E-state index in [0.717, 1.165) is 16.7 Å². The van der Waals surface area contributed by atoms with E-state index in [1.165, 1.54) is 25.2 Å². The summed E-state index contributed by atoms with van der Waals surface area (Å²) in [6, 6.07) is 13.3. The highest BCUT2D eigenvalue weighted by Gasteiger charge is 2.29. The number of carboxylic acids is 1. The van der Waals surface area contributed by atoms with Crippen LogP contribution in [-0.4, -0.2) is 27.5 Å². The van der Waals surface area contributed by atoms with E-state index in [9.17, 15) is 9.59 Å². The summed E-state index contributed by atoms with van der Waals surface area (Å²) >= 11 is 13.9. The molecule has 0 fully saturated rings. The minimum atomic E-state index is -1.35. The van der Waals surface area contributed by atoms with Crippen LogP contribution in [0.5, 0.6) is 0 Å². The molecule has 3 aromatic rings. The Balaban J connectivity index is 1.90. The third-order valence-electron chi connectivity index (χ3n) is 4.26. The van der Waals surface area contributed by atoms with Gasteiger partial charge in [0.05, 0.1) is 22.2 Å². The lowest BCUT2D eigenvalue weighted by molar-refractivity contribution is -0.145. The first-order chi connectivity index (χ1) is 13.7. The lowest BCUT2D eigenvalue weighted by atomic mass is 10.00. The Morgan fingerprint density at radius 3 is 2.34 bits per heavy atom. The van der Waals surface area contributed by atoms with Gasteiger partial charge in [-0.1, -0.05) is 53.5 Å². The summed E-state index contributed by atoms with van der Waals surface area (Å²) in [6.45, 7) is 2.86. The van der Waals surface area contributed by atoms with Crippen molar-refractivity contribution in [2.24, 2.45) is 0 Å². The largest absolute Gasteiger partial charge is 0.480 e. The van der Waals surface area contributed by atoms with E-state index >= 15 is 0 Å². The second kappa shape index (κ2) is 8.53. The number of nitrogens with zero attached hydrogens (tertiary/aromatic N) is 1. The highest BCUT2D eigenvalue weighted by atomic mass is 35.5. The van der Waals surface area contributed by atoms with Crippen LogP contribution < -0.4 is 5.32 Å². The van der Waals surface area contributed by atoms with Gasteiger partial charge in [-0.3, -0.25) is 4.79 Å². The van der Waals surface area contributed by atoms with Gasteiger partial charge in [0.2, 0.25) is 5.91 Å². The molecule has 29 heavy (non-hydrogen) atoms. The van der Waals surface area contributed by atoms with E-state index < -0.39 is 17.4 Å². The first-order valence-electron chi connectivity index (χ1n) is 8.71. The highest BCUT2D eigenvalue weighted by molar-refractivity contribution is 7.13. The maximum atomic E-state index is 12.2. The summed E-state index contributed by atoms with van der Waals surface area (Å²) in [5.74, 6) is -1.51. The van der Waals surface area contributed by atoms with Gasteiger partial charge < -0.3 is 10.4 Å². The molecule has 0 radical (unpaired) electrons. The van der Waals surface area contributed by atoms with Crippen LogP contribution in [0, 0.1) is 0 Å². The molecular formula is C21H18Cl2N2O3S. The summed E-state index contributed by atoms with van der Waals surface area (Å²) in [6.07, 6.45) is -0.0186. The number of nitrogens with one attached hydrogen (secondary N) is 1. The quantitative estimate of drug-likeness (QED) is 0.535. The van der Waals surface area contributed by atoms with Crippen molar-refractivity contribution in [3.63, 3.8) is 0 Å². The molecule has 1 aromatic heterocycles. The Bertz CT molecular complexity index is 1070. The van der Waals surface area contributed by atoms with Crippen molar-refractivity contribution in [2.45, 2.75) is 25.8 Å². The van der Waals surface area contributed by atoms with Crippen molar-refractivity contribution < 1.29 is 14.7 Å². The molecule has 0 aliphatic rings. The van der Waals surface area contributed by atoms with Crippen LogP contribution in [0.15, 0.2) is 47.8 Å². The monoisotopic (exact) mass is 448 g/mol. The number of aliphatic carboxylic acids is 1. The topological polar surface area (TPSA) is 79.3 Å². The van der Waals surface area contributed by atoms with Crippen LogP contribution in [0.3, 0.4) is 0 Å². The molecule has 2 aromatic carbocycles. The van der Waals surface area contributed by atoms with Crippen LogP contribution in [0.1, 0.15) is 19.5 Å². The van der Waals surface area contributed by atoms with Crippen molar-refractivity contribution in [3.05, 3.63) is 63.6 Å². The molecule has 0 aliphatic carbocycles. The third-order valence-corrected chi connectivity index (χ3v) is 5.90. The number of thiazole rings is 1. The number of amides is 1. The SMILES string of the molecule is CC(C)(NC(=O)Cc1csc(-c2cc(Cl)c(Cl)cc2-c2ccccc2)n1)C(=O)O. The van der Waals surface area contributed by atoms with Crippen molar-refractivity contribution in [1.29, 1.82) is 0 Å². The zero-order valence-electron chi connectivity index (χ0n) is 15.7. The van der Waals surface area contributed by atoms with Crippen molar-refractivity contribution in [3.8, 4) is 21.7 Å². The standard InChI is InChI=1S/C21H18Cl2N2O3S/c1-21(2,20(27)28)25-18(26)8-13-11-29-19(24-13)15-10-17(23)16(22)9-14(15)12-6-4-3-5-7-12/h3-7,9-11H,8H2,1-2H3,(H,25,26)(H,27,28). The summed E-state index contributed by atoms with van der Waals surface area (Å²) in [5.41, 5.74) is 1.87. The summed E-state index contributed by atoms with van der Waals surface area (Å²) in [5, 5.41) is 15.0. The number of aromatic nitrogens is 1. The predicted molar refractivity (Wildman–Crippen MR) is 117 cm³/mol. The molecule has 0 aliphatic heterocycles. The molecule has 2 N–H and O–H groups in total. The van der Waals surface area contributed by atoms with Crippen LogP contribution >= 0.6 is 34.5 Å². The average Bonchev–Trinajstić information content (AvgIpc) is 3.11. The first-order valence-corrected chi connectivity index (χ1v) is 10.3. The maximum Gasteiger partial charge on any atom is 0.328 e. The Hall–Kier alpha value is -2.41. The van der Waals surface area contributed by atoms with E-state index in [0.29, 0.717) is 20.7 Å². The number of carbonyl (C=O) groups is 2. The summed E-state index contributed by atoms with van der Waals surface area (Å²) in [7, 11) is 0. The first kappa shape index (κ1) is 21.3. The Morgan fingerprint density at radius 2 is 1.72 bits per heavy atom. The lowest BCUT2D eigenvalue weighted by Gasteiger charge is -2.20. The maximum absolute atomic E-state index is 12.2. The minimum Gasteiger partial charge on any atom is -0.480 e. The Morgan fingerprint density at radius 1 is 1.10 bits per heavy atom. The number of hydrogen-bond acceptors (Lipinski definition) is 4. The van der Waals surface area contributed by atoms with E-state index in [4.69, 9.17) is 28.3 Å². The molecule has 0 bridgehead atoms. The second-order valence-corrected chi connectivity index (χ2v) is 8.65. The van der Waals surface area contributed by atoms with E-state index in [-0.39, 0.29) is 6.42 Å². The van der Waals surface area contributed by atoms with E-state index in [2.05, 4.69) is 10.3 Å². The van der Waals surface area contributed by atoms with Crippen molar-refractivity contribution >= 4 is 46.4 Å². The average molecular weight is 449 g/mol. The van der Waals surface area contributed by atoms with Crippen LogP contribution in [0.4, 0.5) is 0 Å². The van der Waals surface area contributed by atoms with Gasteiger partial charge in [-0.15, -0.1) is 11.3 Å². The third kappa shape index (κ3) is 4.96. The van der Waals surface area contributed by atoms with Gasteiger partial charge in [0.1, 0.15) is 10.5 Å². The van der Waals surface area contributed by atoms with Gasteiger partial charge in [0, 0.05) is 10.9 Å². The van der Waals surface area contributed by atoms with Crippen LogP contribution in [-0.2, 0) is 16.0 Å². The molecule has 1 heterocycles. The molecule has 150 valence electrons. The smallest absolute Gasteiger partial charge is 0.328 e. The number of benzene rings is 2. The molecule has 1 amide bonds. The molecular weight excluding hydrogens is 431 g/mol. The number of rotatable bonds is 6. The summed E-state index contributed by atoms with van der Waals surface area (Å²) in [4.78, 5) is 28.0. The lowest BCUT2D eigenvalue weighted by Crippen LogP contribution is -2.50. The van der Waals surface area contributed by atoms with Gasteiger partial charge in [-0.05, 0) is 37.1 Å². The molecule has 8 heteroatoms. The molecule has 0 atom stereocenters. The van der Waals surface area contributed by atoms with Gasteiger partial charge in [0.25, 0.3) is 0 Å². The minimum absolute atomic E-state index is 0.0186. The number of hydrogen-bond donors (Lipinski definition) is 2. The van der Waals surface area contributed by atoms with Gasteiger partial charge in [0.15, 0.2) is 0 Å². The fraction of sp³-hybridized carbons (Fsp3) is 0.190. The molecule has 0 unspecified atom stereocenters. The van der Waals surface area contributed by atoms with Gasteiger partial charge in [-0.25, -0.2) is 9.78 Å². The van der Waals surface area contributed by atoms with Crippen LogP contribution in [0.25, 0.3) is 21.7 Å². The molecule has 3 rings (SSSR count). The number of carboxylic acid groups (broad SMARTS) is 1. The van der Waals surface area contributed by atoms with Gasteiger partial charge in [-0.2, -0.15) is 0 Å². The fourth-order valence-corrected chi connectivity index (χ4v) is 3.88. The summed E-state index contributed by atoms with van der Waals surface area (Å²) < 4.78 is 0. The highest BCUT2D eigenvalue weighted by Crippen LogP contribution is 2.39. The fourth-order valence-electron chi connectivity index (χ4n) is 2.70. The second-order valence-electron chi connectivity index (χ2n) is 6.98. The zero-order valence-corrected chi connectivity index (χ0v) is 18.0. The number of halogens is 2. The Kier molecular flexibility index (Phi) is 6.27. The van der Waals surface area contributed by atoms with Gasteiger partial charge >= 0.3 is 5.97 Å². The molecule has 0 saturated carbocycles. The number of carbonyl (C=O) groups excluding carboxylic acids is 1. The normalized spacial score (nSPS) is 11.3. The van der Waals surface area contributed by atoms with Crippen molar-refractivity contribution in [2.75, 3.05) is 0 Å².